The molecule has 1 rings (SSSR count). The average molecular weight is 315 g/mol. The monoisotopic (exact) mass is 315 g/mol. The summed E-state index contributed by atoms with van der Waals surface area (Å²) in [6, 6.07) is 5.13. The van der Waals surface area contributed by atoms with Crippen molar-refractivity contribution in [1.82, 2.24) is 4.72 Å². The third-order valence-electron chi connectivity index (χ3n) is 2.70. The van der Waals surface area contributed by atoms with Crippen LogP contribution >= 0.6 is 0 Å². The van der Waals surface area contributed by atoms with Gasteiger partial charge in [-0.15, -0.1) is 0 Å². The van der Waals surface area contributed by atoms with Gasteiger partial charge in [0.05, 0.1) is 18.1 Å². The Morgan fingerprint density at radius 2 is 1.81 bits per heavy atom. The van der Waals surface area contributed by atoms with Crippen molar-refractivity contribution < 1.29 is 22.7 Å². The van der Waals surface area contributed by atoms with Crippen LogP contribution in [0.1, 0.15) is 27.2 Å². The third kappa shape index (κ3) is 5.02. The molecule has 1 unspecified atom stereocenters. The first-order chi connectivity index (χ1) is 9.80. The molecular weight excluding hydrogens is 294 g/mol. The minimum Gasteiger partial charge on any atom is -0.491 e. The molecule has 0 aliphatic carbocycles. The van der Waals surface area contributed by atoms with E-state index in [0.717, 1.165) is 0 Å². The summed E-state index contributed by atoms with van der Waals surface area (Å²) >= 11 is 0. The molecule has 6 nitrogen and oxygen atoms in total. The molecule has 1 aromatic rings. The van der Waals surface area contributed by atoms with Crippen molar-refractivity contribution in [3.05, 3.63) is 24.3 Å². The van der Waals surface area contributed by atoms with Crippen molar-refractivity contribution in [2.24, 2.45) is 0 Å². The number of benzene rings is 1. The number of methoxy groups -OCH3 is 1. The van der Waals surface area contributed by atoms with Gasteiger partial charge in [-0.05, 0) is 44.5 Å². The first-order valence-electron chi connectivity index (χ1n) is 6.67. The summed E-state index contributed by atoms with van der Waals surface area (Å²) in [5.41, 5.74) is 0. The highest BCUT2D eigenvalue weighted by Crippen LogP contribution is 2.17. The van der Waals surface area contributed by atoms with Crippen molar-refractivity contribution in [3.63, 3.8) is 0 Å². The van der Waals surface area contributed by atoms with Gasteiger partial charge in [0.25, 0.3) is 0 Å². The van der Waals surface area contributed by atoms with E-state index in [0.29, 0.717) is 12.2 Å². The largest absolute Gasteiger partial charge is 0.491 e. The molecule has 1 atom stereocenters. The Hall–Kier alpha value is -1.60. The van der Waals surface area contributed by atoms with E-state index < -0.39 is 22.0 Å². The smallest absolute Gasteiger partial charge is 0.323 e. The van der Waals surface area contributed by atoms with Crippen molar-refractivity contribution in [3.8, 4) is 5.75 Å². The molecule has 1 N–H and O–H groups in total. The van der Waals surface area contributed by atoms with Gasteiger partial charge < -0.3 is 9.47 Å². The van der Waals surface area contributed by atoms with Crippen LogP contribution in [0, 0.1) is 0 Å². The Morgan fingerprint density at radius 3 is 2.24 bits per heavy atom. The Balaban J connectivity index is 2.89. The number of nitrogens with one attached hydrogen (secondary N) is 1. The van der Waals surface area contributed by atoms with Crippen LogP contribution in [-0.4, -0.2) is 33.6 Å². The molecule has 0 heterocycles. The van der Waals surface area contributed by atoms with Gasteiger partial charge in [-0.25, -0.2) is 8.42 Å². The van der Waals surface area contributed by atoms with Crippen LogP contribution in [-0.2, 0) is 19.6 Å². The molecule has 118 valence electrons. The van der Waals surface area contributed by atoms with Crippen molar-refractivity contribution >= 4 is 16.0 Å². The number of carbonyl (C=O) groups is 1. The highest BCUT2D eigenvalue weighted by Gasteiger charge is 2.24. The van der Waals surface area contributed by atoms with E-state index >= 15 is 0 Å². The minimum absolute atomic E-state index is 0.00868. The third-order valence-corrected chi connectivity index (χ3v) is 4.18. The molecule has 0 bridgehead atoms. The summed E-state index contributed by atoms with van der Waals surface area (Å²) in [6.45, 7) is 5.46. The van der Waals surface area contributed by atoms with Crippen LogP contribution in [0.3, 0.4) is 0 Å². The van der Waals surface area contributed by atoms with Gasteiger partial charge in [0.2, 0.25) is 10.0 Å². The van der Waals surface area contributed by atoms with Crippen LogP contribution < -0.4 is 9.46 Å². The van der Waals surface area contributed by atoms with Gasteiger partial charge in [0, 0.05) is 0 Å². The Kier molecular flexibility index (Phi) is 6.17. The molecule has 0 aliphatic rings. The fraction of sp³-hybridized carbons (Fsp3) is 0.500. The molecule has 0 saturated carbocycles. The molecule has 0 fully saturated rings. The average Bonchev–Trinajstić information content (AvgIpc) is 2.44. The van der Waals surface area contributed by atoms with Gasteiger partial charge in [-0.3, -0.25) is 4.79 Å². The van der Waals surface area contributed by atoms with Gasteiger partial charge in [-0.2, -0.15) is 4.72 Å². The molecule has 0 spiro atoms. The SMILES string of the molecule is CCC(NS(=O)(=O)c1ccc(OC(C)C)cc1)C(=O)OC. The summed E-state index contributed by atoms with van der Waals surface area (Å²) in [7, 11) is -2.56. The van der Waals surface area contributed by atoms with E-state index in [2.05, 4.69) is 9.46 Å². The summed E-state index contributed by atoms with van der Waals surface area (Å²) in [4.78, 5) is 11.5. The minimum atomic E-state index is -3.78. The van der Waals surface area contributed by atoms with Crippen molar-refractivity contribution in [1.29, 1.82) is 0 Å². The zero-order valence-electron chi connectivity index (χ0n) is 12.6. The van der Waals surface area contributed by atoms with Crippen LogP contribution in [0.25, 0.3) is 0 Å². The molecular formula is C14H21NO5S. The molecule has 0 amide bonds. The molecule has 7 heteroatoms. The topological polar surface area (TPSA) is 81.7 Å². The molecule has 0 radical (unpaired) electrons. The molecule has 1 aromatic carbocycles. The fourth-order valence-corrected chi connectivity index (χ4v) is 2.93. The standard InChI is InChI=1S/C14H21NO5S/c1-5-13(14(16)19-4)15-21(17,18)12-8-6-11(7-9-12)20-10(2)3/h6-10,13,15H,5H2,1-4H3. The van der Waals surface area contributed by atoms with E-state index in [1.165, 1.54) is 19.2 Å². The molecule has 0 saturated heterocycles. The molecule has 0 aromatic heterocycles. The Bertz CT molecular complexity index is 566. The summed E-state index contributed by atoms with van der Waals surface area (Å²) in [5, 5.41) is 0. The summed E-state index contributed by atoms with van der Waals surface area (Å²) in [5.74, 6) is -0.0233. The zero-order chi connectivity index (χ0) is 16.0. The highest BCUT2D eigenvalue weighted by molar-refractivity contribution is 7.89. The van der Waals surface area contributed by atoms with E-state index in [1.807, 2.05) is 13.8 Å². The van der Waals surface area contributed by atoms with Crippen molar-refractivity contribution in [2.75, 3.05) is 7.11 Å². The lowest BCUT2D eigenvalue weighted by atomic mass is 10.2. The second kappa shape index (κ2) is 7.42. The lowest BCUT2D eigenvalue weighted by Crippen LogP contribution is -2.40. The number of esters is 1. The van der Waals surface area contributed by atoms with E-state index in [-0.39, 0.29) is 11.0 Å². The first-order valence-corrected chi connectivity index (χ1v) is 8.15. The number of carbonyl (C=O) groups excluding carboxylic acids is 1. The zero-order valence-corrected chi connectivity index (χ0v) is 13.4. The van der Waals surface area contributed by atoms with E-state index in [9.17, 15) is 13.2 Å². The summed E-state index contributed by atoms with van der Waals surface area (Å²) in [6.07, 6.45) is 0.315. The first kappa shape index (κ1) is 17.5. The van der Waals surface area contributed by atoms with Crippen LogP contribution in [0.4, 0.5) is 0 Å². The number of sulfonamides is 1. The fourth-order valence-electron chi connectivity index (χ4n) is 1.67. The van der Waals surface area contributed by atoms with Crippen molar-refractivity contribution in [2.45, 2.75) is 44.2 Å². The normalized spacial score (nSPS) is 13.0. The Morgan fingerprint density at radius 1 is 1.24 bits per heavy atom. The number of hydrogen-bond acceptors (Lipinski definition) is 5. The second-order valence-electron chi connectivity index (χ2n) is 4.74. The van der Waals surface area contributed by atoms with Gasteiger partial charge in [-0.1, -0.05) is 6.92 Å². The lowest BCUT2D eigenvalue weighted by molar-refractivity contribution is -0.142. The van der Waals surface area contributed by atoms with E-state index in [4.69, 9.17) is 4.74 Å². The van der Waals surface area contributed by atoms with Crippen LogP contribution in [0.15, 0.2) is 29.2 Å². The molecule has 0 aliphatic heterocycles. The van der Waals surface area contributed by atoms with Gasteiger partial charge in [0.15, 0.2) is 0 Å². The maximum atomic E-state index is 12.2. The predicted molar refractivity (Wildman–Crippen MR) is 78.6 cm³/mol. The lowest BCUT2D eigenvalue weighted by Gasteiger charge is -2.15. The maximum Gasteiger partial charge on any atom is 0.323 e. The number of rotatable bonds is 7. The maximum absolute atomic E-state index is 12.2. The Labute approximate surface area is 125 Å². The second-order valence-corrected chi connectivity index (χ2v) is 6.46. The van der Waals surface area contributed by atoms with Crippen LogP contribution in [0.2, 0.25) is 0 Å². The number of ether oxygens (including phenoxy) is 2. The van der Waals surface area contributed by atoms with Gasteiger partial charge >= 0.3 is 5.97 Å². The van der Waals surface area contributed by atoms with Crippen LogP contribution in [0.5, 0.6) is 5.75 Å². The van der Waals surface area contributed by atoms with E-state index in [1.54, 1.807) is 19.1 Å². The number of hydrogen-bond donors (Lipinski definition) is 1. The predicted octanol–water partition coefficient (Wildman–Crippen LogP) is 1.70. The molecule has 21 heavy (non-hydrogen) atoms. The quantitative estimate of drug-likeness (QED) is 0.775. The highest BCUT2D eigenvalue weighted by atomic mass is 32.2. The summed E-state index contributed by atoms with van der Waals surface area (Å²) < 4.78 is 36.7. The van der Waals surface area contributed by atoms with Gasteiger partial charge in [0.1, 0.15) is 11.8 Å².